The number of rotatable bonds is 2. The van der Waals surface area contributed by atoms with Crippen molar-refractivity contribution in [2.45, 2.75) is 6.92 Å². The Kier molecular flexibility index (Phi) is 3.52. The minimum atomic E-state index is 0.596. The van der Waals surface area contributed by atoms with Crippen LogP contribution in [0.1, 0.15) is 6.92 Å². The van der Waals surface area contributed by atoms with Crippen molar-refractivity contribution in [3.63, 3.8) is 0 Å². The van der Waals surface area contributed by atoms with Gasteiger partial charge in [0.05, 0.1) is 20.9 Å². The summed E-state index contributed by atoms with van der Waals surface area (Å²) in [7, 11) is 0. The molecule has 0 aliphatic carbocycles. The summed E-state index contributed by atoms with van der Waals surface area (Å²) < 4.78 is 1.11. The van der Waals surface area contributed by atoms with E-state index in [4.69, 9.17) is 17.3 Å². The molecule has 0 radical (unpaired) electrons. The zero-order valence-corrected chi connectivity index (χ0v) is 12.5. The summed E-state index contributed by atoms with van der Waals surface area (Å²) in [6, 6.07) is 4.04. The monoisotopic (exact) mass is 296 g/mol. The van der Waals surface area contributed by atoms with E-state index in [0.717, 1.165) is 53.7 Å². The van der Waals surface area contributed by atoms with E-state index in [2.05, 4.69) is 27.8 Å². The molecule has 4 nitrogen and oxygen atoms in total. The number of likely N-dealkylation sites (N-methyl/N-ethyl adjacent to an activating group) is 1. The molecule has 0 amide bonds. The first-order chi connectivity index (χ1) is 9.17. The fourth-order valence-corrected chi connectivity index (χ4v) is 3.53. The molecule has 1 aliphatic rings. The normalized spacial score (nSPS) is 17.3. The van der Waals surface area contributed by atoms with Gasteiger partial charge in [-0.2, -0.15) is 0 Å². The third-order valence-corrected chi connectivity index (χ3v) is 4.78. The molecule has 2 heterocycles. The highest BCUT2D eigenvalue weighted by Crippen LogP contribution is 2.34. The lowest BCUT2D eigenvalue weighted by Gasteiger charge is -2.35. The van der Waals surface area contributed by atoms with Crippen molar-refractivity contribution in [1.82, 2.24) is 9.88 Å². The Labute approximate surface area is 121 Å². The minimum absolute atomic E-state index is 0.596. The molecule has 1 fully saturated rings. The van der Waals surface area contributed by atoms with Crippen molar-refractivity contribution in [3.8, 4) is 0 Å². The molecule has 6 heteroatoms. The second-order valence-electron chi connectivity index (χ2n) is 4.74. The first kappa shape index (κ1) is 13.0. The van der Waals surface area contributed by atoms with E-state index < -0.39 is 0 Å². The fraction of sp³-hybridized carbons (Fsp3) is 0.462. The van der Waals surface area contributed by atoms with Crippen LogP contribution < -0.4 is 10.6 Å². The number of hydrogen-bond acceptors (Lipinski definition) is 5. The van der Waals surface area contributed by atoms with Gasteiger partial charge in [0.15, 0.2) is 5.13 Å². The number of thiazole rings is 1. The number of anilines is 2. The van der Waals surface area contributed by atoms with Crippen molar-refractivity contribution in [1.29, 1.82) is 0 Å². The Morgan fingerprint density at radius 2 is 2.05 bits per heavy atom. The van der Waals surface area contributed by atoms with E-state index in [-0.39, 0.29) is 0 Å². The van der Waals surface area contributed by atoms with Crippen molar-refractivity contribution in [2.24, 2.45) is 0 Å². The van der Waals surface area contributed by atoms with Crippen molar-refractivity contribution < 1.29 is 0 Å². The number of halogens is 1. The van der Waals surface area contributed by atoms with Gasteiger partial charge in [0.25, 0.3) is 0 Å². The Balaban J connectivity index is 1.90. The molecule has 19 heavy (non-hydrogen) atoms. The standard InChI is InChI=1S/C13H17ClN4S/c1-2-17-3-5-18(6-4-17)11-8-12-10(7-9(11)14)16-13(15)19-12/h7-8H,2-6H2,1H3,(H2,15,16). The van der Waals surface area contributed by atoms with E-state index in [1.165, 1.54) is 11.3 Å². The molecule has 0 saturated carbocycles. The minimum Gasteiger partial charge on any atom is -0.375 e. The van der Waals surface area contributed by atoms with Gasteiger partial charge in [0, 0.05) is 26.2 Å². The molecule has 1 aliphatic heterocycles. The molecule has 0 unspecified atom stereocenters. The van der Waals surface area contributed by atoms with E-state index in [1.807, 2.05) is 6.07 Å². The molecular formula is C13H17ClN4S. The Morgan fingerprint density at radius 1 is 1.32 bits per heavy atom. The van der Waals surface area contributed by atoms with Crippen LogP contribution in [0.15, 0.2) is 12.1 Å². The van der Waals surface area contributed by atoms with Crippen LogP contribution in [0.4, 0.5) is 10.8 Å². The molecule has 0 spiro atoms. The van der Waals surface area contributed by atoms with Gasteiger partial charge in [-0.3, -0.25) is 0 Å². The second kappa shape index (κ2) is 5.15. The van der Waals surface area contributed by atoms with Crippen molar-refractivity contribution >= 4 is 44.0 Å². The number of nitrogens with two attached hydrogens (primary N) is 1. The average Bonchev–Trinajstić information content (AvgIpc) is 2.77. The summed E-state index contributed by atoms with van der Waals surface area (Å²) in [6.07, 6.45) is 0. The van der Waals surface area contributed by atoms with E-state index in [9.17, 15) is 0 Å². The summed E-state index contributed by atoms with van der Waals surface area (Å²) in [4.78, 5) is 9.07. The number of nitrogen functional groups attached to an aromatic ring is 1. The number of nitrogens with zero attached hydrogens (tertiary/aromatic N) is 3. The first-order valence-corrected chi connectivity index (χ1v) is 7.69. The van der Waals surface area contributed by atoms with Gasteiger partial charge >= 0.3 is 0 Å². The maximum atomic E-state index is 6.38. The highest BCUT2D eigenvalue weighted by Gasteiger charge is 2.19. The SMILES string of the molecule is CCN1CCN(c2cc3sc(N)nc3cc2Cl)CC1. The van der Waals surface area contributed by atoms with E-state index in [1.54, 1.807) is 0 Å². The molecule has 2 N–H and O–H groups in total. The average molecular weight is 297 g/mol. The third-order valence-electron chi connectivity index (χ3n) is 3.63. The van der Waals surface area contributed by atoms with Crippen molar-refractivity contribution in [2.75, 3.05) is 43.4 Å². The molecule has 3 rings (SSSR count). The zero-order chi connectivity index (χ0) is 13.4. The number of piperazine rings is 1. The summed E-state index contributed by atoms with van der Waals surface area (Å²) in [5.74, 6) is 0. The predicted octanol–water partition coefficient (Wildman–Crippen LogP) is 2.67. The van der Waals surface area contributed by atoms with E-state index >= 15 is 0 Å². The van der Waals surface area contributed by atoms with Crippen LogP contribution in [0, 0.1) is 0 Å². The van der Waals surface area contributed by atoms with Crippen LogP contribution in [0.2, 0.25) is 5.02 Å². The molecule has 1 aromatic carbocycles. The molecular weight excluding hydrogens is 280 g/mol. The zero-order valence-electron chi connectivity index (χ0n) is 10.9. The molecule has 102 valence electrons. The fourth-order valence-electron chi connectivity index (χ4n) is 2.50. The highest BCUT2D eigenvalue weighted by molar-refractivity contribution is 7.22. The maximum absolute atomic E-state index is 6.38. The second-order valence-corrected chi connectivity index (χ2v) is 6.21. The topological polar surface area (TPSA) is 45.4 Å². The first-order valence-electron chi connectivity index (χ1n) is 6.50. The predicted molar refractivity (Wildman–Crippen MR) is 83.4 cm³/mol. The van der Waals surface area contributed by atoms with Crippen LogP contribution in [-0.2, 0) is 0 Å². The Morgan fingerprint density at radius 3 is 2.74 bits per heavy atom. The van der Waals surface area contributed by atoms with Gasteiger partial charge in [-0.15, -0.1) is 0 Å². The van der Waals surface area contributed by atoms with Crippen LogP contribution in [-0.4, -0.2) is 42.6 Å². The summed E-state index contributed by atoms with van der Waals surface area (Å²) in [6.45, 7) is 7.55. The molecule has 2 aromatic rings. The molecule has 1 saturated heterocycles. The highest BCUT2D eigenvalue weighted by atomic mass is 35.5. The number of aromatic nitrogens is 1. The van der Waals surface area contributed by atoms with E-state index in [0.29, 0.717) is 5.13 Å². The smallest absolute Gasteiger partial charge is 0.181 e. The maximum Gasteiger partial charge on any atom is 0.181 e. The van der Waals surface area contributed by atoms with Gasteiger partial charge in [-0.25, -0.2) is 4.98 Å². The quantitative estimate of drug-likeness (QED) is 0.925. The lowest BCUT2D eigenvalue weighted by Crippen LogP contribution is -2.46. The van der Waals surface area contributed by atoms with Gasteiger partial charge in [0.2, 0.25) is 0 Å². The lowest BCUT2D eigenvalue weighted by atomic mass is 10.2. The van der Waals surface area contributed by atoms with Crippen LogP contribution in [0.3, 0.4) is 0 Å². The summed E-state index contributed by atoms with van der Waals surface area (Å²) >= 11 is 7.90. The van der Waals surface area contributed by atoms with Gasteiger partial charge in [-0.1, -0.05) is 29.9 Å². The van der Waals surface area contributed by atoms with Crippen molar-refractivity contribution in [3.05, 3.63) is 17.2 Å². The largest absolute Gasteiger partial charge is 0.375 e. The lowest BCUT2D eigenvalue weighted by molar-refractivity contribution is 0.271. The molecule has 0 bridgehead atoms. The van der Waals surface area contributed by atoms with Gasteiger partial charge < -0.3 is 15.5 Å². The molecule has 1 aromatic heterocycles. The third kappa shape index (κ3) is 2.50. The van der Waals surface area contributed by atoms with Gasteiger partial charge in [0.1, 0.15) is 0 Å². The summed E-state index contributed by atoms with van der Waals surface area (Å²) in [5.41, 5.74) is 7.75. The van der Waals surface area contributed by atoms with Crippen LogP contribution in [0.25, 0.3) is 10.2 Å². The number of hydrogen-bond donors (Lipinski definition) is 1. The van der Waals surface area contributed by atoms with Crippen LogP contribution in [0.5, 0.6) is 0 Å². The molecule has 0 atom stereocenters. The number of benzene rings is 1. The Hall–Kier alpha value is -1.04. The summed E-state index contributed by atoms with van der Waals surface area (Å²) in [5, 5.41) is 1.36. The number of fused-ring (bicyclic) bond motifs is 1. The van der Waals surface area contributed by atoms with Crippen LogP contribution >= 0.6 is 22.9 Å². The Bertz CT molecular complexity index is 590. The van der Waals surface area contributed by atoms with Gasteiger partial charge in [-0.05, 0) is 18.7 Å².